The molecule has 1 aromatic rings. The average molecular weight is 234 g/mol. The summed E-state index contributed by atoms with van der Waals surface area (Å²) in [5, 5.41) is 12.8. The zero-order valence-electron chi connectivity index (χ0n) is 9.27. The van der Waals surface area contributed by atoms with Crippen LogP contribution in [0.2, 0.25) is 0 Å². The van der Waals surface area contributed by atoms with Crippen LogP contribution in [0.4, 0.5) is 5.69 Å². The molecule has 1 saturated carbocycles. The van der Waals surface area contributed by atoms with Crippen LogP contribution in [0, 0.1) is 0 Å². The number of ether oxygens (including phenoxy) is 1. The molecule has 17 heavy (non-hydrogen) atoms. The lowest BCUT2D eigenvalue weighted by molar-refractivity contribution is -0.118. The molecular formula is C12H14N2O3. The van der Waals surface area contributed by atoms with Gasteiger partial charge in [0, 0.05) is 5.54 Å². The van der Waals surface area contributed by atoms with E-state index in [1.54, 1.807) is 18.2 Å². The zero-order chi connectivity index (χ0) is 12.0. The molecular weight excluding hydrogens is 220 g/mol. The van der Waals surface area contributed by atoms with Gasteiger partial charge in [0.1, 0.15) is 5.75 Å². The SMILES string of the molecule is NC1(C(O)c2ccc3c(c2)NC(=O)CO3)CC1. The van der Waals surface area contributed by atoms with Crippen LogP contribution in [0.1, 0.15) is 24.5 Å². The molecule has 1 aliphatic heterocycles. The summed E-state index contributed by atoms with van der Waals surface area (Å²) in [6.07, 6.45) is 0.967. The molecule has 0 spiro atoms. The van der Waals surface area contributed by atoms with Crippen molar-refractivity contribution in [1.29, 1.82) is 0 Å². The number of hydrogen-bond acceptors (Lipinski definition) is 4. The Morgan fingerprint density at radius 1 is 1.47 bits per heavy atom. The summed E-state index contributed by atoms with van der Waals surface area (Å²) in [7, 11) is 0. The van der Waals surface area contributed by atoms with Gasteiger partial charge < -0.3 is 20.9 Å². The molecule has 1 amide bonds. The third kappa shape index (κ3) is 1.77. The average Bonchev–Trinajstić information content (AvgIpc) is 3.06. The van der Waals surface area contributed by atoms with E-state index in [1.807, 2.05) is 0 Å². The largest absolute Gasteiger partial charge is 0.482 e. The Morgan fingerprint density at radius 3 is 2.94 bits per heavy atom. The minimum atomic E-state index is -0.688. The zero-order valence-corrected chi connectivity index (χ0v) is 9.27. The minimum absolute atomic E-state index is 0.0374. The van der Waals surface area contributed by atoms with Gasteiger partial charge in [-0.1, -0.05) is 6.07 Å². The highest BCUT2D eigenvalue weighted by Gasteiger charge is 2.45. The second-order valence-electron chi connectivity index (χ2n) is 4.73. The first-order valence-electron chi connectivity index (χ1n) is 5.62. The van der Waals surface area contributed by atoms with Crippen molar-refractivity contribution in [3.63, 3.8) is 0 Å². The van der Waals surface area contributed by atoms with Crippen LogP contribution in [-0.2, 0) is 4.79 Å². The van der Waals surface area contributed by atoms with E-state index in [-0.39, 0.29) is 12.5 Å². The predicted octanol–water partition coefficient (Wildman–Crippen LogP) is 0.542. The molecule has 1 atom stereocenters. The van der Waals surface area contributed by atoms with Crippen molar-refractivity contribution in [2.75, 3.05) is 11.9 Å². The Labute approximate surface area is 98.6 Å². The fourth-order valence-corrected chi connectivity index (χ4v) is 2.02. The molecule has 3 rings (SSSR count). The van der Waals surface area contributed by atoms with Crippen LogP contribution < -0.4 is 15.8 Å². The van der Waals surface area contributed by atoms with E-state index in [2.05, 4.69) is 5.32 Å². The van der Waals surface area contributed by atoms with Crippen molar-refractivity contribution in [3.8, 4) is 5.75 Å². The van der Waals surface area contributed by atoms with E-state index in [4.69, 9.17) is 10.5 Å². The third-order valence-corrected chi connectivity index (χ3v) is 3.32. The van der Waals surface area contributed by atoms with Crippen molar-refractivity contribution in [2.24, 2.45) is 5.73 Å². The third-order valence-electron chi connectivity index (χ3n) is 3.32. The molecule has 4 N–H and O–H groups in total. The van der Waals surface area contributed by atoms with E-state index in [0.717, 1.165) is 18.4 Å². The Hall–Kier alpha value is -1.59. The molecule has 1 aliphatic carbocycles. The van der Waals surface area contributed by atoms with Gasteiger partial charge in [-0.2, -0.15) is 0 Å². The standard InChI is InChI=1S/C12H14N2O3/c13-12(3-4-12)11(16)7-1-2-9-8(5-7)14-10(15)6-17-9/h1-2,5,11,16H,3-4,6,13H2,(H,14,15). The van der Waals surface area contributed by atoms with Gasteiger partial charge >= 0.3 is 0 Å². The monoisotopic (exact) mass is 234 g/mol. The van der Waals surface area contributed by atoms with Gasteiger partial charge in [-0.05, 0) is 30.5 Å². The molecule has 90 valence electrons. The van der Waals surface area contributed by atoms with Crippen molar-refractivity contribution in [3.05, 3.63) is 23.8 Å². The van der Waals surface area contributed by atoms with Crippen LogP contribution >= 0.6 is 0 Å². The van der Waals surface area contributed by atoms with Gasteiger partial charge in [0.15, 0.2) is 6.61 Å². The number of carbonyl (C=O) groups excluding carboxylic acids is 1. The summed E-state index contributed by atoms with van der Waals surface area (Å²) >= 11 is 0. The number of amides is 1. The second kappa shape index (κ2) is 3.45. The highest BCUT2D eigenvalue weighted by atomic mass is 16.5. The van der Waals surface area contributed by atoms with Crippen molar-refractivity contribution < 1.29 is 14.6 Å². The normalized spacial score (nSPS) is 22.1. The molecule has 1 unspecified atom stereocenters. The van der Waals surface area contributed by atoms with Crippen LogP contribution in [0.5, 0.6) is 5.75 Å². The smallest absolute Gasteiger partial charge is 0.262 e. The van der Waals surface area contributed by atoms with Gasteiger partial charge in [-0.15, -0.1) is 0 Å². The maximum atomic E-state index is 11.2. The van der Waals surface area contributed by atoms with E-state index < -0.39 is 11.6 Å². The van der Waals surface area contributed by atoms with E-state index in [1.165, 1.54) is 0 Å². The Bertz CT molecular complexity index is 483. The number of fused-ring (bicyclic) bond motifs is 1. The number of aliphatic hydroxyl groups is 1. The number of aliphatic hydroxyl groups excluding tert-OH is 1. The van der Waals surface area contributed by atoms with E-state index >= 15 is 0 Å². The van der Waals surface area contributed by atoms with Crippen LogP contribution in [0.25, 0.3) is 0 Å². The van der Waals surface area contributed by atoms with Crippen LogP contribution in [-0.4, -0.2) is 23.2 Å². The highest BCUT2D eigenvalue weighted by molar-refractivity contribution is 5.95. The first-order valence-corrected chi connectivity index (χ1v) is 5.62. The summed E-state index contributed by atoms with van der Waals surface area (Å²) < 4.78 is 5.25. The summed E-state index contributed by atoms with van der Waals surface area (Å²) in [5.74, 6) is 0.445. The summed E-state index contributed by atoms with van der Waals surface area (Å²) in [6, 6.07) is 5.26. The summed E-state index contributed by atoms with van der Waals surface area (Å²) in [5.41, 5.74) is 6.78. The molecule has 0 radical (unpaired) electrons. The number of nitrogens with one attached hydrogen (secondary N) is 1. The number of carbonyl (C=O) groups is 1. The number of nitrogens with two attached hydrogens (primary N) is 1. The molecule has 1 aromatic carbocycles. The second-order valence-corrected chi connectivity index (χ2v) is 4.73. The van der Waals surface area contributed by atoms with Crippen LogP contribution in [0.3, 0.4) is 0 Å². The van der Waals surface area contributed by atoms with Crippen LogP contribution in [0.15, 0.2) is 18.2 Å². The molecule has 1 fully saturated rings. The predicted molar refractivity (Wildman–Crippen MR) is 61.7 cm³/mol. The minimum Gasteiger partial charge on any atom is -0.482 e. The van der Waals surface area contributed by atoms with Gasteiger partial charge in [0.2, 0.25) is 0 Å². The molecule has 0 saturated heterocycles. The van der Waals surface area contributed by atoms with Crippen molar-refractivity contribution in [1.82, 2.24) is 0 Å². The molecule has 0 bridgehead atoms. The fourth-order valence-electron chi connectivity index (χ4n) is 2.02. The lowest BCUT2D eigenvalue weighted by Gasteiger charge is -2.22. The summed E-state index contributed by atoms with van der Waals surface area (Å²) in [4.78, 5) is 11.2. The first kappa shape index (κ1) is 10.6. The maximum Gasteiger partial charge on any atom is 0.262 e. The number of anilines is 1. The fraction of sp³-hybridized carbons (Fsp3) is 0.417. The van der Waals surface area contributed by atoms with E-state index in [9.17, 15) is 9.90 Å². The topological polar surface area (TPSA) is 84.6 Å². The molecule has 0 aromatic heterocycles. The van der Waals surface area contributed by atoms with Crippen molar-refractivity contribution in [2.45, 2.75) is 24.5 Å². The van der Waals surface area contributed by atoms with Gasteiger partial charge in [0.05, 0.1) is 11.8 Å². The lowest BCUT2D eigenvalue weighted by Crippen LogP contribution is -2.31. The number of hydrogen-bond donors (Lipinski definition) is 3. The quantitative estimate of drug-likeness (QED) is 0.697. The number of rotatable bonds is 2. The van der Waals surface area contributed by atoms with E-state index in [0.29, 0.717) is 11.4 Å². The lowest BCUT2D eigenvalue weighted by atomic mass is 10.00. The maximum absolute atomic E-state index is 11.2. The molecule has 1 heterocycles. The first-order chi connectivity index (χ1) is 8.08. The molecule has 5 heteroatoms. The highest BCUT2D eigenvalue weighted by Crippen LogP contribution is 2.44. The molecule has 5 nitrogen and oxygen atoms in total. The summed E-state index contributed by atoms with van der Waals surface area (Å²) in [6.45, 7) is 0.0374. The molecule has 2 aliphatic rings. The van der Waals surface area contributed by atoms with Gasteiger partial charge in [-0.3, -0.25) is 4.79 Å². The Balaban J connectivity index is 1.92. The van der Waals surface area contributed by atoms with Gasteiger partial charge in [-0.25, -0.2) is 0 Å². The number of benzene rings is 1. The Kier molecular flexibility index (Phi) is 2.14. The Morgan fingerprint density at radius 2 is 2.24 bits per heavy atom. The van der Waals surface area contributed by atoms with Gasteiger partial charge in [0.25, 0.3) is 5.91 Å². The van der Waals surface area contributed by atoms with Crippen molar-refractivity contribution >= 4 is 11.6 Å².